The zero-order valence-electron chi connectivity index (χ0n) is 56.0. The van der Waals surface area contributed by atoms with Gasteiger partial charge in [-0.25, -0.2) is 0 Å². The van der Waals surface area contributed by atoms with Crippen molar-refractivity contribution >= 4 is 11.9 Å². The molecule has 6 heteroatoms. The van der Waals surface area contributed by atoms with E-state index in [2.05, 4.69) is 19.2 Å². The van der Waals surface area contributed by atoms with Gasteiger partial charge in [0.05, 0.1) is 25.4 Å². The lowest BCUT2D eigenvalue weighted by Gasteiger charge is -2.20. The van der Waals surface area contributed by atoms with Gasteiger partial charge in [0.15, 0.2) is 0 Å². The van der Waals surface area contributed by atoms with Crippen LogP contribution in [0.3, 0.4) is 0 Å². The lowest BCUT2D eigenvalue weighted by molar-refractivity contribution is -0.143. The number of allylic oxidation sites excluding steroid dienone is 1. The molecule has 0 saturated carbocycles. The van der Waals surface area contributed by atoms with Gasteiger partial charge in [0.2, 0.25) is 5.91 Å². The second-order valence-corrected chi connectivity index (χ2v) is 26.4. The summed E-state index contributed by atoms with van der Waals surface area (Å²) in [6.07, 6.45) is 90.4. The van der Waals surface area contributed by atoms with Gasteiger partial charge in [0.1, 0.15) is 0 Å². The van der Waals surface area contributed by atoms with Crippen molar-refractivity contribution in [3.63, 3.8) is 0 Å². The Balaban J connectivity index is 3.34. The van der Waals surface area contributed by atoms with Crippen molar-refractivity contribution in [2.45, 2.75) is 450 Å². The summed E-state index contributed by atoms with van der Waals surface area (Å²) in [5.74, 6) is -0.0352. The molecule has 0 heterocycles. The molecule has 1 amide bonds. The number of hydrogen-bond acceptors (Lipinski definition) is 5. The summed E-state index contributed by atoms with van der Waals surface area (Å²) in [6, 6.07) is -0.624. The highest BCUT2D eigenvalue weighted by atomic mass is 16.5. The Morgan fingerprint density at radius 1 is 0.329 bits per heavy atom. The monoisotopic (exact) mass is 1160 g/mol. The van der Waals surface area contributed by atoms with Crippen molar-refractivity contribution < 1.29 is 24.5 Å². The Hall–Kier alpha value is -1.40. The van der Waals surface area contributed by atoms with E-state index in [0.717, 1.165) is 38.5 Å². The minimum atomic E-state index is -0.841. The third kappa shape index (κ3) is 67.7. The van der Waals surface area contributed by atoms with E-state index >= 15 is 0 Å². The molecule has 0 radical (unpaired) electrons. The molecule has 0 aliphatic carbocycles. The first-order valence-electron chi connectivity index (χ1n) is 38.0. The van der Waals surface area contributed by atoms with Gasteiger partial charge in [-0.2, -0.15) is 0 Å². The second-order valence-electron chi connectivity index (χ2n) is 26.4. The SMILES string of the molecule is CCCCCCCCCCCCCCCCCCCC/C=C/C(O)C(CO)NC(=O)CCCCCCCCCCCCCCCCCCCCCCCCCCCCCCCCCCCOC(=O)CCCCCCCCCCCCCC. The smallest absolute Gasteiger partial charge is 0.305 e. The van der Waals surface area contributed by atoms with Gasteiger partial charge in [-0.1, -0.05) is 405 Å². The molecule has 3 N–H and O–H groups in total. The van der Waals surface area contributed by atoms with Gasteiger partial charge in [-0.15, -0.1) is 0 Å². The summed E-state index contributed by atoms with van der Waals surface area (Å²) in [5, 5.41) is 23.3. The first-order chi connectivity index (χ1) is 40.5. The van der Waals surface area contributed by atoms with Gasteiger partial charge in [0.25, 0.3) is 0 Å². The quantitative estimate of drug-likeness (QED) is 0.0320. The maximum atomic E-state index is 12.5. The maximum absolute atomic E-state index is 12.5. The number of carbonyl (C=O) groups is 2. The molecule has 0 aromatic rings. The van der Waals surface area contributed by atoms with Crippen LogP contribution in [-0.4, -0.2) is 47.4 Å². The minimum Gasteiger partial charge on any atom is -0.466 e. The molecule has 0 rings (SSSR count). The van der Waals surface area contributed by atoms with E-state index in [4.69, 9.17) is 4.74 Å². The summed E-state index contributed by atoms with van der Waals surface area (Å²) in [6.45, 7) is 4.96. The van der Waals surface area contributed by atoms with Crippen LogP contribution in [0.5, 0.6) is 0 Å². The van der Waals surface area contributed by atoms with Crippen molar-refractivity contribution in [2.75, 3.05) is 13.2 Å². The molecule has 0 fully saturated rings. The molecule has 2 unspecified atom stereocenters. The predicted molar refractivity (Wildman–Crippen MR) is 361 cm³/mol. The van der Waals surface area contributed by atoms with Crippen LogP contribution in [0.4, 0.5) is 0 Å². The van der Waals surface area contributed by atoms with Crippen molar-refractivity contribution in [3.8, 4) is 0 Å². The number of ether oxygens (including phenoxy) is 1. The molecular weight excluding hydrogens is 1010 g/mol. The summed E-state index contributed by atoms with van der Waals surface area (Å²) in [5.41, 5.74) is 0. The number of aliphatic hydroxyl groups is 2. The van der Waals surface area contributed by atoms with Crippen molar-refractivity contribution in [1.82, 2.24) is 5.32 Å². The molecule has 0 aromatic carbocycles. The van der Waals surface area contributed by atoms with Crippen LogP contribution in [0.15, 0.2) is 12.2 Å². The minimum absolute atomic E-state index is 0.0231. The van der Waals surface area contributed by atoms with Crippen LogP contribution in [0, 0.1) is 0 Å². The molecule has 82 heavy (non-hydrogen) atoms. The van der Waals surface area contributed by atoms with E-state index in [-0.39, 0.29) is 18.5 Å². The molecule has 488 valence electrons. The summed E-state index contributed by atoms with van der Waals surface area (Å²) in [4.78, 5) is 24.6. The van der Waals surface area contributed by atoms with E-state index in [9.17, 15) is 19.8 Å². The van der Waals surface area contributed by atoms with Crippen LogP contribution in [0.2, 0.25) is 0 Å². The van der Waals surface area contributed by atoms with Gasteiger partial charge in [-0.3, -0.25) is 9.59 Å². The first kappa shape index (κ1) is 80.6. The van der Waals surface area contributed by atoms with Crippen LogP contribution in [-0.2, 0) is 14.3 Å². The van der Waals surface area contributed by atoms with E-state index in [1.165, 1.54) is 372 Å². The molecule has 0 aliphatic heterocycles. The number of rotatable bonds is 72. The molecule has 0 bridgehead atoms. The topological polar surface area (TPSA) is 95.9 Å². The Morgan fingerprint density at radius 3 is 0.829 bits per heavy atom. The number of nitrogens with one attached hydrogen (secondary N) is 1. The van der Waals surface area contributed by atoms with E-state index in [1.54, 1.807) is 6.08 Å². The Morgan fingerprint density at radius 2 is 0.561 bits per heavy atom. The van der Waals surface area contributed by atoms with Crippen LogP contribution < -0.4 is 5.32 Å². The number of unbranched alkanes of at least 4 members (excludes halogenated alkanes) is 61. The van der Waals surface area contributed by atoms with Crippen LogP contribution in [0.25, 0.3) is 0 Å². The fourth-order valence-electron chi connectivity index (χ4n) is 12.3. The maximum Gasteiger partial charge on any atom is 0.305 e. The third-order valence-electron chi connectivity index (χ3n) is 18.1. The lowest BCUT2D eigenvalue weighted by Crippen LogP contribution is -2.45. The van der Waals surface area contributed by atoms with Crippen molar-refractivity contribution in [1.29, 1.82) is 0 Å². The third-order valence-corrected chi connectivity index (χ3v) is 18.1. The molecule has 0 saturated heterocycles. The Labute approximate surface area is 514 Å². The molecule has 0 spiro atoms. The first-order valence-corrected chi connectivity index (χ1v) is 38.0. The van der Waals surface area contributed by atoms with Gasteiger partial charge in [0, 0.05) is 12.8 Å². The van der Waals surface area contributed by atoms with Crippen molar-refractivity contribution in [2.24, 2.45) is 0 Å². The van der Waals surface area contributed by atoms with E-state index in [0.29, 0.717) is 19.4 Å². The summed E-state index contributed by atoms with van der Waals surface area (Å²) in [7, 11) is 0. The molecular formula is C76H149NO5. The standard InChI is InChI=1S/C76H149NO5/c1-3-5-7-9-11-13-15-17-18-19-20-36-39-42-45-48-52-56-60-64-68-74(79)73(72-78)77-75(80)69-65-61-57-53-49-46-43-40-37-34-32-30-28-26-24-22-21-23-25-27-29-31-33-35-38-41-44-47-51-55-59-63-67-71-82-76(81)70-66-62-58-54-50-16-14-12-10-8-6-4-2/h64,68,73-74,78-79H,3-63,65-67,69-72H2,1-2H3,(H,77,80)/b68-64+. The van der Waals surface area contributed by atoms with Gasteiger partial charge in [-0.05, 0) is 32.1 Å². The number of aliphatic hydroxyl groups excluding tert-OH is 2. The fourth-order valence-corrected chi connectivity index (χ4v) is 12.3. The van der Waals surface area contributed by atoms with E-state index in [1.807, 2.05) is 6.08 Å². The number of hydrogen-bond donors (Lipinski definition) is 3. The number of amides is 1. The van der Waals surface area contributed by atoms with Crippen molar-refractivity contribution in [3.05, 3.63) is 12.2 Å². The Kier molecular flexibility index (Phi) is 70.8. The fraction of sp³-hybridized carbons (Fsp3) is 0.947. The largest absolute Gasteiger partial charge is 0.466 e. The van der Waals surface area contributed by atoms with Gasteiger partial charge < -0.3 is 20.3 Å². The highest BCUT2D eigenvalue weighted by Gasteiger charge is 2.18. The highest BCUT2D eigenvalue weighted by Crippen LogP contribution is 2.20. The van der Waals surface area contributed by atoms with Crippen LogP contribution >= 0.6 is 0 Å². The average Bonchev–Trinajstić information content (AvgIpc) is 3.48. The second kappa shape index (κ2) is 72.1. The zero-order chi connectivity index (χ0) is 59.2. The molecule has 2 atom stereocenters. The lowest BCUT2D eigenvalue weighted by atomic mass is 10.0. The van der Waals surface area contributed by atoms with E-state index < -0.39 is 12.1 Å². The van der Waals surface area contributed by atoms with Crippen LogP contribution in [0.1, 0.15) is 438 Å². The molecule has 0 aromatic heterocycles. The highest BCUT2D eigenvalue weighted by molar-refractivity contribution is 5.76. The van der Waals surface area contributed by atoms with Gasteiger partial charge >= 0.3 is 5.97 Å². The number of esters is 1. The summed E-state index contributed by atoms with van der Waals surface area (Å²) < 4.78 is 5.49. The predicted octanol–water partition coefficient (Wildman–Crippen LogP) is 24.7. The normalized spacial score (nSPS) is 12.5. The molecule has 0 aliphatic rings. The Bertz CT molecular complexity index is 1240. The average molecular weight is 1160 g/mol. The molecule has 6 nitrogen and oxygen atoms in total. The zero-order valence-corrected chi connectivity index (χ0v) is 56.0. The summed E-state index contributed by atoms with van der Waals surface area (Å²) >= 11 is 0. The number of carbonyl (C=O) groups excluding carboxylic acids is 2.